The third kappa shape index (κ3) is 60.6. The van der Waals surface area contributed by atoms with E-state index in [2.05, 4.69) is 82.5 Å². The Bertz CT molecular complexity index is 1970. The summed E-state index contributed by atoms with van der Waals surface area (Å²) in [4.78, 5) is 77.3. The number of amides is 4. The monoisotopic (exact) mass is 1200 g/mol. The van der Waals surface area contributed by atoms with E-state index >= 15 is 0 Å². The Morgan fingerprint density at radius 2 is 0.767 bits per heavy atom. The molecular formula is C70H120N6O10. The van der Waals surface area contributed by atoms with Gasteiger partial charge in [-0.15, -0.1) is 0 Å². The summed E-state index contributed by atoms with van der Waals surface area (Å²) in [6.07, 6.45) is 45.1. The normalized spacial score (nSPS) is 11.1. The molecule has 0 bridgehead atoms. The van der Waals surface area contributed by atoms with Crippen molar-refractivity contribution in [1.82, 2.24) is 31.1 Å². The lowest BCUT2D eigenvalue weighted by Crippen LogP contribution is -2.53. The molecule has 0 spiro atoms. The molecule has 6 N–H and O–H groups in total. The van der Waals surface area contributed by atoms with E-state index in [0.717, 1.165) is 109 Å². The Hall–Kier alpha value is -5.10. The number of nitrogens with one attached hydrogen (secondary N) is 4. The van der Waals surface area contributed by atoms with Gasteiger partial charge in [0, 0.05) is 64.7 Å². The van der Waals surface area contributed by atoms with Crippen LogP contribution in [-0.2, 0) is 38.2 Å². The van der Waals surface area contributed by atoms with Gasteiger partial charge in [0.2, 0.25) is 23.6 Å². The number of unbranched alkanes of at least 4 members (excludes halogenated alkanes) is 34. The van der Waals surface area contributed by atoms with E-state index < -0.39 is 29.8 Å². The Morgan fingerprint density at radius 1 is 0.395 bits per heavy atom. The number of rotatable bonds is 60. The second-order valence-corrected chi connectivity index (χ2v) is 22.9. The third-order valence-electron chi connectivity index (χ3n) is 14.9. The zero-order chi connectivity index (χ0) is 62.9. The molecule has 86 heavy (non-hydrogen) atoms. The number of ether oxygens (including phenoxy) is 2. The molecule has 16 nitrogen and oxygen atoms in total. The van der Waals surface area contributed by atoms with Crippen molar-refractivity contribution in [1.29, 1.82) is 0 Å². The van der Waals surface area contributed by atoms with Gasteiger partial charge < -0.3 is 41.0 Å². The highest BCUT2D eigenvalue weighted by atomic mass is 16.5. The number of nitrogens with zero attached hydrogens (tertiary/aromatic N) is 2. The molecule has 0 saturated carbocycles. The highest BCUT2D eigenvalue weighted by Gasteiger charge is 2.22. The molecule has 1 atom stereocenters. The number of carboxylic acid groups (broad SMARTS) is 2. The molecule has 0 fully saturated rings. The van der Waals surface area contributed by atoms with Gasteiger partial charge >= 0.3 is 11.9 Å². The van der Waals surface area contributed by atoms with E-state index in [1.807, 2.05) is 0 Å². The van der Waals surface area contributed by atoms with E-state index in [1.165, 1.54) is 133 Å². The molecule has 0 aliphatic heterocycles. The first-order valence-electron chi connectivity index (χ1n) is 34.1. The molecule has 4 amide bonds. The Kier molecular flexibility index (Phi) is 60.6. The van der Waals surface area contributed by atoms with Crippen LogP contribution in [0.1, 0.15) is 278 Å². The number of hydrogen-bond donors (Lipinski definition) is 6. The van der Waals surface area contributed by atoms with Crippen molar-refractivity contribution >= 4 is 35.6 Å². The largest absolute Gasteiger partial charge is 0.480 e. The first kappa shape index (κ1) is 80.9. The van der Waals surface area contributed by atoms with Crippen molar-refractivity contribution in [2.24, 2.45) is 0 Å². The van der Waals surface area contributed by atoms with Gasteiger partial charge in [0.25, 0.3) is 0 Å². The van der Waals surface area contributed by atoms with Crippen molar-refractivity contribution in [3.05, 3.63) is 0 Å². The number of likely N-dealkylation sites (N-methyl/N-ethyl adjacent to an activating group) is 1. The number of carbonyl (C=O) groups is 6. The van der Waals surface area contributed by atoms with Gasteiger partial charge in [-0.1, -0.05) is 224 Å². The Morgan fingerprint density at radius 3 is 1.19 bits per heavy atom. The number of aliphatic carboxylic acids is 2. The maximum Gasteiger partial charge on any atom is 0.317 e. The maximum absolute atomic E-state index is 13.3. The minimum absolute atomic E-state index is 0.0557. The average molecular weight is 1210 g/mol. The number of hydrogen-bond acceptors (Lipinski definition) is 10. The van der Waals surface area contributed by atoms with Crippen LogP contribution in [0.4, 0.5) is 0 Å². The van der Waals surface area contributed by atoms with E-state index in [0.29, 0.717) is 25.9 Å². The SMILES string of the molecule is CCCCCCCCCCCCCC#CC#CCCCCCCCCC(=O)NCC(NC(=O)CCCCCCCCC#CC#CCCCCCCCCCCCCC)C(=O)NCOCCOCCNC(=O)CN(CCN(CC)CC(=O)O)CC(=O)O. The smallest absolute Gasteiger partial charge is 0.317 e. The highest BCUT2D eigenvalue weighted by molar-refractivity contribution is 5.88. The zero-order valence-corrected chi connectivity index (χ0v) is 54.4. The summed E-state index contributed by atoms with van der Waals surface area (Å²) in [5.41, 5.74) is 0. The molecule has 490 valence electrons. The van der Waals surface area contributed by atoms with Gasteiger partial charge in [-0.05, 0) is 68.8 Å². The molecular weight excluding hydrogens is 1080 g/mol. The lowest BCUT2D eigenvalue weighted by atomic mass is 10.1. The molecule has 0 heterocycles. The van der Waals surface area contributed by atoms with Gasteiger partial charge in [-0.2, -0.15) is 0 Å². The van der Waals surface area contributed by atoms with E-state index in [-0.39, 0.29) is 84.1 Å². The third-order valence-corrected chi connectivity index (χ3v) is 14.9. The van der Waals surface area contributed by atoms with Gasteiger partial charge in [0.15, 0.2) is 0 Å². The summed E-state index contributed by atoms with van der Waals surface area (Å²) < 4.78 is 11.1. The minimum Gasteiger partial charge on any atom is -0.480 e. The predicted octanol–water partition coefficient (Wildman–Crippen LogP) is 12.3. The number of carbonyl (C=O) groups excluding carboxylic acids is 4. The Labute approximate surface area is 522 Å². The fraction of sp³-hybridized carbons (Fsp3) is 0.800. The lowest BCUT2D eigenvalue weighted by Gasteiger charge is -2.24. The molecule has 0 rings (SSSR count). The maximum atomic E-state index is 13.3. The summed E-state index contributed by atoms with van der Waals surface area (Å²) in [6.45, 7) is 6.99. The van der Waals surface area contributed by atoms with Gasteiger partial charge in [-0.25, -0.2) is 0 Å². The van der Waals surface area contributed by atoms with Crippen LogP contribution in [-0.4, -0.2) is 141 Å². The summed E-state index contributed by atoms with van der Waals surface area (Å²) in [6, 6.07) is -0.990. The predicted molar refractivity (Wildman–Crippen MR) is 349 cm³/mol. The van der Waals surface area contributed by atoms with Gasteiger partial charge in [0.1, 0.15) is 12.8 Å². The molecule has 0 aromatic rings. The summed E-state index contributed by atoms with van der Waals surface area (Å²) in [5, 5.41) is 29.4. The van der Waals surface area contributed by atoms with Crippen molar-refractivity contribution in [2.45, 2.75) is 284 Å². The average Bonchev–Trinajstić information content (AvgIpc) is 3.55. The van der Waals surface area contributed by atoms with Crippen LogP contribution in [0.2, 0.25) is 0 Å². The van der Waals surface area contributed by atoms with Crippen molar-refractivity contribution < 1.29 is 48.5 Å². The summed E-state index contributed by atoms with van der Waals surface area (Å²) in [7, 11) is 0. The standard InChI is InChI=1S/C70H120N6O10/c1-4-7-9-11-13-15-17-19-21-23-25-27-29-31-33-35-37-39-41-43-45-47-49-51-65(77)72-59-64(70(84)73-63-86-58-57-85-56-53-71-67(79)60-76(62-69(82)83)55-54-75(6-3)61-68(80)81)74-66(78)52-50-48-46-44-42-40-38-36-34-32-30-28-26-24-22-20-18-16-14-12-10-8-5-2/h64H,4-28,37-63H2,1-3H3,(H,71,79)(H,72,77)(H,73,84)(H,74,78)(H,80,81)(H,82,83). The van der Waals surface area contributed by atoms with Crippen molar-refractivity contribution in [2.75, 3.05) is 78.9 Å². The van der Waals surface area contributed by atoms with E-state index in [4.69, 9.17) is 14.6 Å². The highest BCUT2D eigenvalue weighted by Crippen LogP contribution is 2.14. The van der Waals surface area contributed by atoms with Gasteiger partial charge in [-0.3, -0.25) is 38.6 Å². The molecule has 0 radical (unpaired) electrons. The molecule has 0 aromatic carbocycles. The minimum atomic E-state index is -1.10. The fourth-order valence-electron chi connectivity index (χ4n) is 9.66. The molecule has 0 saturated heterocycles. The molecule has 1 unspecified atom stereocenters. The molecule has 0 aliphatic rings. The lowest BCUT2D eigenvalue weighted by molar-refractivity contribution is -0.140. The molecule has 16 heteroatoms. The second-order valence-electron chi connectivity index (χ2n) is 22.9. The van der Waals surface area contributed by atoms with Crippen LogP contribution in [0.3, 0.4) is 0 Å². The topological polar surface area (TPSA) is 216 Å². The van der Waals surface area contributed by atoms with Crippen molar-refractivity contribution in [3.63, 3.8) is 0 Å². The van der Waals surface area contributed by atoms with Crippen LogP contribution < -0.4 is 21.3 Å². The quantitative estimate of drug-likeness (QED) is 0.0191. The van der Waals surface area contributed by atoms with Gasteiger partial charge in [0.05, 0.1) is 39.5 Å². The van der Waals surface area contributed by atoms with Crippen LogP contribution >= 0.6 is 0 Å². The second kappa shape index (κ2) is 64.4. The summed E-state index contributed by atoms with van der Waals surface area (Å²) in [5.74, 6) is 21.4. The van der Waals surface area contributed by atoms with Crippen LogP contribution in [0.5, 0.6) is 0 Å². The Balaban J connectivity index is 4.68. The van der Waals surface area contributed by atoms with Crippen molar-refractivity contribution in [3.8, 4) is 47.4 Å². The molecule has 0 aromatic heterocycles. The van der Waals surface area contributed by atoms with Crippen LogP contribution in [0.25, 0.3) is 0 Å². The first-order valence-corrected chi connectivity index (χ1v) is 34.1. The fourth-order valence-corrected chi connectivity index (χ4v) is 9.66. The number of carboxylic acids is 2. The van der Waals surface area contributed by atoms with E-state index in [1.54, 1.807) is 11.8 Å². The zero-order valence-electron chi connectivity index (χ0n) is 54.4. The first-order chi connectivity index (χ1) is 42.0. The molecule has 0 aliphatic carbocycles. The van der Waals surface area contributed by atoms with Crippen LogP contribution in [0, 0.1) is 47.4 Å². The summed E-state index contributed by atoms with van der Waals surface area (Å²) >= 11 is 0. The van der Waals surface area contributed by atoms with E-state index in [9.17, 15) is 33.9 Å². The van der Waals surface area contributed by atoms with Crippen LogP contribution in [0.15, 0.2) is 0 Å².